The predicted octanol–water partition coefficient (Wildman–Crippen LogP) is 13.6. The number of aromatic nitrogens is 1. The molecule has 1 radical (unpaired) electrons. The third-order valence-electron chi connectivity index (χ3n) is 9.25. The fraction of sp³-hybridized carbons (Fsp3) is 0.0208. The van der Waals surface area contributed by atoms with Crippen LogP contribution in [0, 0.1) is 6.07 Å². The number of benzene rings is 7. The molecule has 0 amide bonds. The van der Waals surface area contributed by atoms with E-state index in [0.29, 0.717) is 22.3 Å². The van der Waals surface area contributed by atoms with Gasteiger partial charge < -0.3 is 4.98 Å². The van der Waals surface area contributed by atoms with E-state index in [1.54, 1.807) is 6.20 Å². The summed E-state index contributed by atoms with van der Waals surface area (Å²) in [5, 5.41) is 0. The first-order chi connectivity index (χ1) is 25.4. The van der Waals surface area contributed by atoms with Crippen LogP contribution in [0.25, 0.3) is 78.0 Å². The van der Waals surface area contributed by atoms with Gasteiger partial charge in [0.25, 0.3) is 0 Å². The van der Waals surface area contributed by atoms with Gasteiger partial charge in [0, 0.05) is 26.3 Å². The number of hydrogen-bond acceptors (Lipinski definition) is 1. The van der Waals surface area contributed by atoms with Gasteiger partial charge in [-0.25, -0.2) is 0 Å². The average Bonchev–Trinajstić information content (AvgIpc) is 3.21. The van der Waals surface area contributed by atoms with Gasteiger partial charge >= 0.3 is 6.18 Å². The van der Waals surface area contributed by atoms with E-state index in [9.17, 15) is 13.2 Å². The van der Waals surface area contributed by atoms with Crippen molar-refractivity contribution in [3.05, 3.63) is 200 Å². The molecule has 53 heavy (non-hydrogen) atoms. The SMILES string of the molecule is FC(F)(F)c1cc(-c2ccc(-c3cc[c-]c(-c4ccccn4)c3)cc2)cc(-c2cccc(-c3cccc(-c4cccc(-c5ccccc5)c4)c3)c2)c1.[Ir]. The van der Waals surface area contributed by atoms with E-state index in [2.05, 4.69) is 59.6 Å². The van der Waals surface area contributed by atoms with Crippen molar-refractivity contribution in [1.29, 1.82) is 0 Å². The first-order valence-electron chi connectivity index (χ1n) is 17.0. The van der Waals surface area contributed by atoms with Crippen LogP contribution in [0.3, 0.4) is 0 Å². The molecule has 8 aromatic rings. The molecular weight excluding hydrogens is 840 g/mol. The van der Waals surface area contributed by atoms with Crippen LogP contribution in [0.5, 0.6) is 0 Å². The summed E-state index contributed by atoms with van der Waals surface area (Å²) in [6.45, 7) is 0. The molecule has 0 N–H and O–H groups in total. The zero-order valence-corrected chi connectivity index (χ0v) is 30.7. The van der Waals surface area contributed by atoms with Gasteiger partial charge in [-0.3, -0.25) is 0 Å². The smallest absolute Gasteiger partial charge is 0.305 e. The minimum Gasteiger partial charge on any atom is -0.305 e. The van der Waals surface area contributed by atoms with Crippen LogP contribution in [0.2, 0.25) is 0 Å². The van der Waals surface area contributed by atoms with E-state index in [0.717, 1.165) is 55.8 Å². The topological polar surface area (TPSA) is 12.9 Å². The molecule has 5 heteroatoms. The molecule has 0 bridgehead atoms. The zero-order valence-electron chi connectivity index (χ0n) is 28.3. The normalized spacial score (nSPS) is 11.2. The molecule has 7 aromatic carbocycles. The largest absolute Gasteiger partial charge is 0.416 e. The third-order valence-corrected chi connectivity index (χ3v) is 9.25. The standard InChI is InChI=1S/C48H31F3N.Ir/c49-48(50,51)46-31-44(35-23-21-34(22-24-35)37-13-9-19-43(29-37)47-20-4-5-25-52-47)30-45(32-46)42-18-8-17-41(28-42)40-16-7-15-39(27-40)38-14-6-12-36(26-38)33-10-2-1-3-11-33;/h1-18,20-32H;/q-1;. The first-order valence-corrected chi connectivity index (χ1v) is 17.0. The molecule has 0 aliphatic rings. The summed E-state index contributed by atoms with van der Waals surface area (Å²) in [7, 11) is 0. The Labute approximate surface area is 320 Å². The van der Waals surface area contributed by atoms with Crippen LogP contribution in [-0.2, 0) is 26.3 Å². The zero-order chi connectivity index (χ0) is 35.5. The number of pyridine rings is 1. The van der Waals surface area contributed by atoms with Gasteiger partial charge in [-0.15, -0.1) is 35.4 Å². The average molecular weight is 871 g/mol. The van der Waals surface area contributed by atoms with Crippen LogP contribution in [0.15, 0.2) is 188 Å². The Hall–Kier alpha value is -5.87. The van der Waals surface area contributed by atoms with Gasteiger partial charge in [0.2, 0.25) is 0 Å². The van der Waals surface area contributed by atoms with E-state index in [-0.39, 0.29) is 20.1 Å². The van der Waals surface area contributed by atoms with E-state index in [1.165, 1.54) is 12.1 Å². The molecule has 0 unspecified atom stereocenters. The van der Waals surface area contributed by atoms with Crippen molar-refractivity contribution in [3.8, 4) is 78.0 Å². The molecule has 0 saturated carbocycles. The summed E-state index contributed by atoms with van der Waals surface area (Å²) in [5.41, 5.74) is 11.7. The van der Waals surface area contributed by atoms with Gasteiger partial charge in [-0.2, -0.15) is 13.2 Å². The quantitative estimate of drug-likeness (QED) is 0.145. The van der Waals surface area contributed by atoms with Crippen LogP contribution in [-0.4, -0.2) is 4.98 Å². The Morgan fingerprint density at radius 3 is 1.32 bits per heavy atom. The molecule has 0 saturated heterocycles. The summed E-state index contributed by atoms with van der Waals surface area (Å²) in [6, 6.07) is 61.4. The molecule has 1 heterocycles. The monoisotopic (exact) mass is 871 g/mol. The Kier molecular flexibility index (Phi) is 10.3. The molecular formula is C48H31F3IrN-. The molecule has 1 nitrogen and oxygen atoms in total. The molecule has 1 aromatic heterocycles. The molecule has 8 rings (SSSR count). The maximum absolute atomic E-state index is 14.3. The fourth-order valence-electron chi connectivity index (χ4n) is 6.56. The second-order valence-electron chi connectivity index (χ2n) is 12.7. The molecule has 0 atom stereocenters. The molecule has 259 valence electrons. The van der Waals surface area contributed by atoms with E-state index in [1.807, 2.05) is 121 Å². The second kappa shape index (κ2) is 15.4. The van der Waals surface area contributed by atoms with Crippen molar-refractivity contribution in [3.63, 3.8) is 0 Å². The van der Waals surface area contributed by atoms with E-state index < -0.39 is 11.7 Å². The molecule has 0 aliphatic carbocycles. The number of rotatable bonds is 7. The number of alkyl halides is 3. The Morgan fingerprint density at radius 1 is 0.377 bits per heavy atom. The predicted molar refractivity (Wildman–Crippen MR) is 206 cm³/mol. The van der Waals surface area contributed by atoms with Gasteiger partial charge in [0.1, 0.15) is 0 Å². The Bertz CT molecular complexity index is 2490. The fourth-order valence-corrected chi connectivity index (χ4v) is 6.56. The number of nitrogens with zero attached hydrogens (tertiary/aromatic N) is 1. The maximum atomic E-state index is 14.3. The van der Waals surface area contributed by atoms with E-state index in [4.69, 9.17) is 0 Å². The number of hydrogen-bond donors (Lipinski definition) is 0. The van der Waals surface area contributed by atoms with Crippen LogP contribution in [0.4, 0.5) is 13.2 Å². The van der Waals surface area contributed by atoms with Crippen molar-refractivity contribution < 1.29 is 33.3 Å². The maximum Gasteiger partial charge on any atom is 0.416 e. The number of halogens is 3. The van der Waals surface area contributed by atoms with Gasteiger partial charge in [0.15, 0.2) is 0 Å². The molecule has 0 spiro atoms. The summed E-state index contributed by atoms with van der Waals surface area (Å²) in [4.78, 5) is 4.43. The van der Waals surface area contributed by atoms with E-state index >= 15 is 0 Å². The van der Waals surface area contributed by atoms with Crippen molar-refractivity contribution in [2.45, 2.75) is 6.18 Å². The summed E-state index contributed by atoms with van der Waals surface area (Å²) in [6.07, 6.45) is -2.76. The summed E-state index contributed by atoms with van der Waals surface area (Å²) in [5.74, 6) is 0. The Balaban J connectivity index is 0.00000435. The van der Waals surface area contributed by atoms with Crippen molar-refractivity contribution in [2.75, 3.05) is 0 Å². The van der Waals surface area contributed by atoms with Crippen molar-refractivity contribution in [2.24, 2.45) is 0 Å². The van der Waals surface area contributed by atoms with Crippen molar-refractivity contribution in [1.82, 2.24) is 4.98 Å². The Morgan fingerprint density at radius 2 is 0.792 bits per heavy atom. The first kappa shape index (κ1) is 35.5. The minimum absolute atomic E-state index is 0. The minimum atomic E-state index is -4.51. The molecule has 0 aliphatic heterocycles. The second-order valence-corrected chi connectivity index (χ2v) is 12.7. The van der Waals surface area contributed by atoms with Crippen LogP contribution in [0.1, 0.15) is 5.56 Å². The van der Waals surface area contributed by atoms with Gasteiger partial charge in [0.05, 0.1) is 5.56 Å². The van der Waals surface area contributed by atoms with Crippen LogP contribution >= 0.6 is 0 Å². The molecule has 0 fully saturated rings. The van der Waals surface area contributed by atoms with Crippen LogP contribution < -0.4 is 0 Å². The van der Waals surface area contributed by atoms with Gasteiger partial charge in [-0.05, 0) is 109 Å². The van der Waals surface area contributed by atoms with Gasteiger partial charge in [-0.1, -0.05) is 121 Å². The van der Waals surface area contributed by atoms with Crippen molar-refractivity contribution >= 4 is 0 Å². The summed E-state index contributed by atoms with van der Waals surface area (Å²) < 4.78 is 43.0. The third kappa shape index (κ3) is 7.98. The summed E-state index contributed by atoms with van der Waals surface area (Å²) >= 11 is 0.